The van der Waals surface area contributed by atoms with E-state index in [1.807, 2.05) is 13.1 Å². The van der Waals surface area contributed by atoms with E-state index in [-0.39, 0.29) is 30.1 Å². The van der Waals surface area contributed by atoms with E-state index in [9.17, 15) is 4.79 Å². The highest BCUT2D eigenvalue weighted by Crippen LogP contribution is 2.38. The fourth-order valence-electron chi connectivity index (χ4n) is 3.48. The lowest BCUT2D eigenvalue weighted by molar-refractivity contribution is -0.121. The number of carbonyl (C=O) groups is 1. The number of carbonyl (C=O) groups excluding carboxylic acids is 1. The van der Waals surface area contributed by atoms with Gasteiger partial charge in [-0.2, -0.15) is 0 Å². The van der Waals surface area contributed by atoms with Crippen LogP contribution in [0, 0.1) is 11.8 Å². The van der Waals surface area contributed by atoms with Gasteiger partial charge in [0.05, 0.1) is 18.2 Å². The molecule has 1 rings (SSSR count). The molecule has 0 saturated carbocycles. The minimum absolute atomic E-state index is 0.00505. The Hall–Kier alpha value is -1.09. The van der Waals surface area contributed by atoms with Crippen molar-refractivity contribution in [3.63, 3.8) is 0 Å². The molecule has 4 nitrogen and oxygen atoms in total. The highest BCUT2D eigenvalue weighted by molar-refractivity contribution is 5.74. The van der Waals surface area contributed by atoms with E-state index >= 15 is 0 Å². The molecular formula is C17H30N2O2. The molecule has 2 N–H and O–H groups in total. The van der Waals surface area contributed by atoms with Crippen LogP contribution in [0.3, 0.4) is 0 Å². The number of hydrogen-bond acceptors (Lipinski definition) is 3. The molecule has 0 radical (unpaired) electrons. The molecule has 1 heterocycles. The first-order chi connectivity index (χ1) is 9.78. The Morgan fingerprint density at radius 3 is 2.43 bits per heavy atom. The third kappa shape index (κ3) is 3.76. The quantitative estimate of drug-likeness (QED) is 0.739. The summed E-state index contributed by atoms with van der Waals surface area (Å²) in [5.41, 5.74) is 2.27. The maximum Gasteiger partial charge on any atom is 0.217 e. The van der Waals surface area contributed by atoms with Crippen LogP contribution >= 0.6 is 0 Å². The third-order valence-electron chi connectivity index (χ3n) is 4.03. The van der Waals surface area contributed by atoms with Crippen LogP contribution in [-0.4, -0.2) is 36.7 Å². The molecule has 1 amide bonds. The summed E-state index contributed by atoms with van der Waals surface area (Å²) in [6.45, 7) is 13.8. The Morgan fingerprint density at radius 2 is 2.05 bits per heavy atom. The summed E-state index contributed by atoms with van der Waals surface area (Å²) in [7, 11) is 1.91. The van der Waals surface area contributed by atoms with Crippen molar-refractivity contribution < 1.29 is 9.53 Å². The maximum atomic E-state index is 11.8. The Labute approximate surface area is 129 Å². The van der Waals surface area contributed by atoms with Crippen molar-refractivity contribution in [2.45, 2.75) is 64.8 Å². The largest absolute Gasteiger partial charge is 0.370 e. The van der Waals surface area contributed by atoms with Gasteiger partial charge in [0.15, 0.2) is 0 Å². The second-order valence-corrected chi connectivity index (χ2v) is 6.70. The Bertz CT molecular complexity index is 413. The first-order valence-corrected chi connectivity index (χ1v) is 7.77. The smallest absolute Gasteiger partial charge is 0.217 e. The van der Waals surface area contributed by atoms with Gasteiger partial charge in [-0.3, -0.25) is 4.79 Å². The lowest BCUT2D eigenvalue weighted by atomic mass is 9.79. The lowest BCUT2D eigenvalue weighted by Gasteiger charge is -2.38. The summed E-state index contributed by atoms with van der Waals surface area (Å²) in [5.74, 6) is 0.732. The van der Waals surface area contributed by atoms with Crippen LogP contribution in [0.25, 0.3) is 0 Å². The summed E-state index contributed by atoms with van der Waals surface area (Å²) >= 11 is 0. The van der Waals surface area contributed by atoms with Crippen molar-refractivity contribution in [3.8, 4) is 0 Å². The monoisotopic (exact) mass is 294 g/mol. The molecule has 1 aliphatic heterocycles. The highest BCUT2D eigenvalue weighted by Gasteiger charge is 2.56. The van der Waals surface area contributed by atoms with Gasteiger partial charge < -0.3 is 15.4 Å². The Morgan fingerprint density at radius 1 is 1.43 bits per heavy atom. The van der Waals surface area contributed by atoms with E-state index in [2.05, 4.69) is 50.6 Å². The van der Waals surface area contributed by atoms with Crippen LogP contribution in [0.15, 0.2) is 18.4 Å². The summed E-state index contributed by atoms with van der Waals surface area (Å²) < 4.78 is 6.33. The number of hydrogen-bond donors (Lipinski definition) is 2. The van der Waals surface area contributed by atoms with E-state index in [4.69, 9.17) is 4.74 Å². The number of ether oxygens (including phenoxy) is 1. The van der Waals surface area contributed by atoms with E-state index in [0.717, 1.165) is 6.42 Å². The topological polar surface area (TPSA) is 50.4 Å². The van der Waals surface area contributed by atoms with Gasteiger partial charge in [-0.05, 0) is 31.4 Å². The second kappa shape index (κ2) is 7.26. The van der Waals surface area contributed by atoms with Crippen LogP contribution in [0.5, 0.6) is 0 Å². The average molecular weight is 294 g/mol. The van der Waals surface area contributed by atoms with Gasteiger partial charge in [0.25, 0.3) is 0 Å². The average Bonchev–Trinajstić information content (AvgIpc) is 2.61. The summed E-state index contributed by atoms with van der Waals surface area (Å²) in [6.07, 6.45) is 2.76. The van der Waals surface area contributed by atoms with Crippen LogP contribution in [0.4, 0.5) is 0 Å². The van der Waals surface area contributed by atoms with Gasteiger partial charge in [-0.25, -0.2) is 0 Å². The zero-order chi connectivity index (χ0) is 16.2. The van der Waals surface area contributed by atoms with Gasteiger partial charge in [-0.15, -0.1) is 5.73 Å². The molecular weight excluding hydrogens is 264 g/mol. The summed E-state index contributed by atoms with van der Waals surface area (Å²) in [5, 5.41) is 6.45. The van der Waals surface area contributed by atoms with Gasteiger partial charge >= 0.3 is 0 Å². The van der Waals surface area contributed by atoms with Gasteiger partial charge in [-0.1, -0.05) is 34.3 Å². The Balaban J connectivity index is 3.29. The van der Waals surface area contributed by atoms with Gasteiger partial charge in [0, 0.05) is 6.92 Å². The zero-order valence-corrected chi connectivity index (χ0v) is 14.2. The second-order valence-electron chi connectivity index (χ2n) is 6.70. The SMILES string of the molecule is C=C=C[C@]1(NC(C)=O)[C@H](C(C)C)O[C@H](CC(C)C)[C@@H]1NC. The van der Waals surface area contributed by atoms with Crippen LogP contribution in [0.2, 0.25) is 0 Å². The molecule has 1 saturated heterocycles. The third-order valence-corrected chi connectivity index (χ3v) is 4.03. The number of nitrogens with one attached hydrogen (secondary N) is 2. The molecule has 120 valence electrons. The van der Waals surface area contributed by atoms with Crippen molar-refractivity contribution in [1.29, 1.82) is 0 Å². The number of amides is 1. The zero-order valence-electron chi connectivity index (χ0n) is 14.2. The van der Waals surface area contributed by atoms with Crippen LogP contribution in [-0.2, 0) is 9.53 Å². The first-order valence-electron chi connectivity index (χ1n) is 7.77. The molecule has 0 aromatic heterocycles. The molecule has 4 atom stereocenters. The highest BCUT2D eigenvalue weighted by atomic mass is 16.5. The fraction of sp³-hybridized carbons (Fsp3) is 0.765. The van der Waals surface area contributed by atoms with Crippen molar-refractivity contribution in [1.82, 2.24) is 10.6 Å². The molecule has 1 aliphatic rings. The maximum absolute atomic E-state index is 11.8. The van der Waals surface area contributed by atoms with Crippen molar-refractivity contribution in [2.75, 3.05) is 7.05 Å². The summed E-state index contributed by atoms with van der Waals surface area (Å²) in [4.78, 5) is 11.8. The molecule has 0 unspecified atom stereocenters. The van der Waals surface area contributed by atoms with Crippen molar-refractivity contribution >= 4 is 5.91 Å². The van der Waals surface area contributed by atoms with Crippen LogP contribution < -0.4 is 10.6 Å². The fourth-order valence-corrected chi connectivity index (χ4v) is 3.48. The van der Waals surface area contributed by atoms with E-state index in [1.54, 1.807) is 6.92 Å². The molecule has 4 heteroatoms. The molecule has 0 spiro atoms. The standard InChI is InChI=1S/C17H30N2O2/c1-8-9-17(19-13(6)20)15(18-7)14(10-11(2)3)21-16(17)12(4)5/h9,11-12,14-16,18H,1,10H2,2-7H3,(H,19,20)/t14-,15+,16+,17-/m1/s1. The molecule has 0 bridgehead atoms. The molecule has 0 aromatic rings. The predicted octanol–water partition coefficient (Wildman–Crippen LogP) is 2.26. The lowest BCUT2D eigenvalue weighted by Crippen LogP contribution is -2.64. The van der Waals surface area contributed by atoms with Gasteiger partial charge in [0.1, 0.15) is 5.54 Å². The predicted molar refractivity (Wildman–Crippen MR) is 86.1 cm³/mol. The number of rotatable bonds is 6. The molecule has 0 aliphatic carbocycles. The van der Waals surface area contributed by atoms with Gasteiger partial charge in [0.2, 0.25) is 5.91 Å². The minimum atomic E-state index is -0.601. The minimum Gasteiger partial charge on any atom is -0.370 e. The van der Waals surface area contributed by atoms with E-state index < -0.39 is 5.54 Å². The summed E-state index contributed by atoms with van der Waals surface area (Å²) in [6, 6.07) is 0.00505. The molecule has 1 fully saturated rings. The Kier molecular flexibility index (Phi) is 6.21. The van der Waals surface area contributed by atoms with Crippen LogP contribution in [0.1, 0.15) is 41.0 Å². The van der Waals surface area contributed by atoms with E-state index in [1.165, 1.54) is 0 Å². The van der Waals surface area contributed by atoms with E-state index in [0.29, 0.717) is 5.92 Å². The van der Waals surface area contributed by atoms with Crippen molar-refractivity contribution in [3.05, 3.63) is 18.4 Å². The molecule has 0 aromatic carbocycles. The van der Waals surface area contributed by atoms with Crippen molar-refractivity contribution in [2.24, 2.45) is 11.8 Å². The molecule has 21 heavy (non-hydrogen) atoms. The normalized spacial score (nSPS) is 32.3. The first kappa shape index (κ1) is 18.0. The number of likely N-dealkylation sites (N-methyl/N-ethyl adjacent to an activating group) is 1.